The van der Waals surface area contributed by atoms with E-state index in [9.17, 15) is 0 Å². The summed E-state index contributed by atoms with van der Waals surface area (Å²) in [5, 5.41) is 7.34. The van der Waals surface area contributed by atoms with Crippen molar-refractivity contribution in [1.29, 1.82) is 0 Å². The lowest BCUT2D eigenvalue weighted by Crippen LogP contribution is -2.07. The number of anilines is 1. The van der Waals surface area contributed by atoms with Gasteiger partial charge in [-0.2, -0.15) is 4.98 Å². The average Bonchev–Trinajstić information content (AvgIpc) is 3.29. The van der Waals surface area contributed by atoms with Gasteiger partial charge in [-0.1, -0.05) is 35.5 Å². The lowest BCUT2D eigenvalue weighted by Gasteiger charge is -2.15. The number of hydrogen-bond acceptors (Lipinski definition) is 6. The van der Waals surface area contributed by atoms with E-state index in [2.05, 4.69) is 53.6 Å². The van der Waals surface area contributed by atoms with Crippen LogP contribution in [0.3, 0.4) is 0 Å². The smallest absolute Gasteiger partial charge is 0.234 e. The van der Waals surface area contributed by atoms with Crippen LogP contribution in [0.15, 0.2) is 65.3 Å². The van der Waals surface area contributed by atoms with Gasteiger partial charge < -0.3 is 14.6 Å². The van der Waals surface area contributed by atoms with Crippen molar-refractivity contribution in [2.75, 3.05) is 19.5 Å². The molecule has 1 unspecified atom stereocenters. The Balaban J connectivity index is 1.75. The molecule has 2 aromatic heterocycles. The maximum Gasteiger partial charge on any atom is 0.234 e. The summed E-state index contributed by atoms with van der Waals surface area (Å²) in [5.41, 5.74) is 5.62. The number of methoxy groups -OCH3 is 1. The highest BCUT2D eigenvalue weighted by Gasteiger charge is 2.24. The van der Waals surface area contributed by atoms with Gasteiger partial charge in [0.15, 0.2) is 0 Å². The minimum atomic E-state index is -0.104. The fourth-order valence-corrected chi connectivity index (χ4v) is 3.64. The molecule has 1 atom stereocenters. The zero-order valence-electron chi connectivity index (χ0n) is 18.2. The molecule has 0 fully saturated rings. The van der Waals surface area contributed by atoms with Gasteiger partial charge in [0, 0.05) is 13.2 Å². The number of benzene rings is 2. The van der Waals surface area contributed by atoms with E-state index in [1.807, 2.05) is 37.4 Å². The molecule has 31 heavy (non-hydrogen) atoms. The summed E-state index contributed by atoms with van der Waals surface area (Å²) in [5.74, 6) is 2.48. The molecule has 0 radical (unpaired) electrons. The maximum atomic E-state index is 5.78. The van der Waals surface area contributed by atoms with Gasteiger partial charge in [-0.25, -0.2) is 4.98 Å². The van der Waals surface area contributed by atoms with E-state index in [0.717, 1.165) is 23.3 Å². The molecule has 158 valence electrons. The predicted octanol–water partition coefficient (Wildman–Crippen LogP) is 5.17. The van der Waals surface area contributed by atoms with Gasteiger partial charge in [0.05, 0.1) is 18.6 Å². The van der Waals surface area contributed by atoms with Gasteiger partial charge in [-0.05, 0) is 66.8 Å². The fraction of sp³-hybridized carbons (Fsp3) is 0.240. The first-order valence-electron chi connectivity index (χ1n) is 10.3. The van der Waals surface area contributed by atoms with E-state index < -0.39 is 0 Å². The first-order valence-corrected chi connectivity index (χ1v) is 10.3. The monoisotopic (exact) mass is 414 g/mol. The van der Waals surface area contributed by atoms with Crippen molar-refractivity contribution in [3.63, 3.8) is 0 Å². The molecule has 0 amide bonds. The molecule has 0 saturated heterocycles. The standard InChI is InChI=1S/C25H26N4O2/c1-16-10-11-18(13-17(16)2)14-22(19-7-5-8-20(15-19)30-4)25-28-24(29-31-25)21-9-6-12-27-23(21)26-3/h5-13,15,22H,14H2,1-4H3,(H,26,27). The van der Waals surface area contributed by atoms with Crippen molar-refractivity contribution in [1.82, 2.24) is 15.1 Å². The normalized spacial score (nSPS) is 11.9. The van der Waals surface area contributed by atoms with Gasteiger partial charge >= 0.3 is 0 Å². The number of aryl methyl sites for hydroxylation is 2. The Morgan fingerprint density at radius 2 is 1.90 bits per heavy atom. The third-order valence-corrected chi connectivity index (χ3v) is 5.53. The van der Waals surface area contributed by atoms with Crippen LogP contribution in [-0.4, -0.2) is 29.3 Å². The Hall–Kier alpha value is -3.67. The van der Waals surface area contributed by atoms with Crippen LogP contribution in [0.5, 0.6) is 5.75 Å². The van der Waals surface area contributed by atoms with Crippen LogP contribution in [0.2, 0.25) is 0 Å². The second-order valence-corrected chi connectivity index (χ2v) is 7.56. The molecular formula is C25H26N4O2. The molecule has 0 aliphatic rings. The third kappa shape index (κ3) is 4.43. The van der Waals surface area contributed by atoms with Crippen LogP contribution in [0, 0.1) is 13.8 Å². The molecule has 0 spiro atoms. The molecule has 6 heteroatoms. The van der Waals surface area contributed by atoms with E-state index in [1.54, 1.807) is 13.3 Å². The van der Waals surface area contributed by atoms with Gasteiger partial charge in [0.25, 0.3) is 0 Å². The van der Waals surface area contributed by atoms with Crippen molar-refractivity contribution in [3.8, 4) is 17.1 Å². The molecule has 0 bridgehead atoms. The summed E-state index contributed by atoms with van der Waals surface area (Å²) in [4.78, 5) is 9.10. The molecule has 0 aliphatic heterocycles. The minimum absolute atomic E-state index is 0.104. The van der Waals surface area contributed by atoms with Crippen LogP contribution in [0.1, 0.15) is 34.1 Å². The minimum Gasteiger partial charge on any atom is -0.497 e. The van der Waals surface area contributed by atoms with Crippen molar-refractivity contribution in [2.24, 2.45) is 0 Å². The third-order valence-electron chi connectivity index (χ3n) is 5.53. The van der Waals surface area contributed by atoms with E-state index >= 15 is 0 Å². The van der Waals surface area contributed by atoms with Gasteiger partial charge in [-0.3, -0.25) is 0 Å². The quantitative estimate of drug-likeness (QED) is 0.450. The molecule has 1 N–H and O–H groups in total. The summed E-state index contributed by atoms with van der Waals surface area (Å²) in [6, 6.07) is 18.3. The second-order valence-electron chi connectivity index (χ2n) is 7.56. The molecule has 4 rings (SSSR count). The molecule has 0 aliphatic carbocycles. The number of ether oxygens (including phenoxy) is 1. The zero-order valence-corrected chi connectivity index (χ0v) is 18.2. The highest BCUT2D eigenvalue weighted by atomic mass is 16.5. The molecule has 6 nitrogen and oxygen atoms in total. The van der Waals surface area contributed by atoms with Crippen LogP contribution in [0.25, 0.3) is 11.4 Å². The zero-order chi connectivity index (χ0) is 21.8. The van der Waals surface area contributed by atoms with Gasteiger partial charge in [0.2, 0.25) is 11.7 Å². The Morgan fingerprint density at radius 1 is 1.03 bits per heavy atom. The number of pyridine rings is 1. The molecule has 2 heterocycles. The van der Waals surface area contributed by atoms with Crippen LogP contribution in [0.4, 0.5) is 5.82 Å². The Labute approximate surface area is 182 Å². The maximum absolute atomic E-state index is 5.78. The van der Waals surface area contributed by atoms with Crippen molar-refractivity contribution >= 4 is 5.82 Å². The number of nitrogens with one attached hydrogen (secondary N) is 1. The first kappa shape index (κ1) is 20.6. The number of nitrogens with zero attached hydrogens (tertiary/aromatic N) is 3. The van der Waals surface area contributed by atoms with E-state index in [0.29, 0.717) is 17.5 Å². The van der Waals surface area contributed by atoms with Gasteiger partial charge in [-0.15, -0.1) is 0 Å². The topological polar surface area (TPSA) is 73.1 Å². The average molecular weight is 415 g/mol. The second kappa shape index (κ2) is 9.00. The Bertz CT molecular complexity index is 1190. The van der Waals surface area contributed by atoms with E-state index in [4.69, 9.17) is 14.2 Å². The van der Waals surface area contributed by atoms with Crippen molar-refractivity contribution in [3.05, 3.63) is 88.9 Å². The molecule has 4 aromatic rings. The number of hydrogen-bond donors (Lipinski definition) is 1. The largest absolute Gasteiger partial charge is 0.497 e. The predicted molar refractivity (Wildman–Crippen MR) is 122 cm³/mol. The van der Waals surface area contributed by atoms with Gasteiger partial charge in [0.1, 0.15) is 11.6 Å². The highest BCUT2D eigenvalue weighted by Crippen LogP contribution is 2.32. The van der Waals surface area contributed by atoms with Crippen LogP contribution < -0.4 is 10.1 Å². The van der Waals surface area contributed by atoms with Crippen LogP contribution in [-0.2, 0) is 6.42 Å². The SMILES string of the molecule is CNc1ncccc1-c1noc(C(Cc2ccc(C)c(C)c2)c2cccc(OC)c2)n1. The van der Waals surface area contributed by atoms with Crippen molar-refractivity contribution < 1.29 is 9.26 Å². The Morgan fingerprint density at radius 3 is 2.68 bits per heavy atom. The highest BCUT2D eigenvalue weighted by molar-refractivity contribution is 5.69. The lowest BCUT2D eigenvalue weighted by atomic mass is 9.90. The first-order chi connectivity index (χ1) is 15.1. The van der Waals surface area contributed by atoms with E-state index in [-0.39, 0.29) is 5.92 Å². The Kier molecular flexibility index (Phi) is 5.98. The van der Waals surface area contributed by atoms with Crippen molar-refractivity contribution in [2.45, 2.75) is 26.2 Å². The number of rotatable bonds is 7. The lowest BCUT2D eigenvalue weighted by molar-refractivity contribution is 0.364. The number of aromatic nitrogens is 3. The van der Waals surface area contributed by atoms with E-state index in [1.165, 1.54) is 16.7 Å². The fourth-order valence-electron chi connectivity index (χ4n) is 3.64. The van der Waals surface area contributed by atoms with Crippen LogP contribution >= 0.6 is 0 Å². The molecule has 2 aromatic carbocycles. The molecule has 0 saturated carbocycles. The summed E-state index contributed by atoms with van der Waals surface area (Å²) in [7, 11) is 3.50. The summed E-state index contributed by atoms with van der Waals surface area (Å²) in [6.07, 6.45) is 2.47. The molecular weight excluding hydrogens is 388 g/mol. The summed E-state index contributed by atoms with van der Waals surface area (Å²) >= 11 is 0. The summed E-state index contributed by atoms with van der Waals surface area (Å²) in [6.45, 7) is 4.25. The summed E-state index contributed by atoms with van der Waals surface area (Å²) < 4.78 is 11.2.